The Kier molecular flexibility index (Phi) is 6.20. The topological polar surface area (TPSA) is 60.2 Å². The molecule has 4 rings (SSSR count). The smallest absolute Gasteiger partial charge is 0.196 e. The second-order valence-electron chi connectivity index (χ2n) is 6.78. The number of carbonyl (C=O) groups is 2. The molecule has 0 atom stereocenters. The Balaban J connectivity index is 0.000000177. The third-order valence-electron chi connectivity index (χ3n) is 4.74. The van der Waals surface area contributed by atoms with Gasteiger partial charge in [-0.25, -0.2) is 0 Å². The van der Waals surface area contributed by atoms with Gasteiger partial charge in [0.2, 0.25) is 0 Å². The van der Waals surface area contributed by atoms with Crippen molar-refractivity contribution < 1.29 is 9.59 Å². The van der Waals surface area contributed by atoms with Gasteiger partial charge in [-0.2, -0.15) is 0 Å². The zero-order valence-corrected chi connectivity index (χ0v) is 16.2. The summed E-state index contributed by atoms with van der Waals surface area (Å²) in [5, 5.41) is 0. The molecular weight excluding hydrogens is 358 g/mol. The monoisotopic (exact) mass is 381 g/mol. The van der Waals surface area contributed by atoms with E-state index in [1.54, 1.807) is 42.5 Å². The van der Waals surface area contributed by atoms with Gasteiger partial charge in [0.25, 0.3) is 0 Å². The highest BCUT2D eigenvalue weighted by Crippen LogP contribution is 2.30. The Bertz CT molecular complexity index is 1070. The summed E-state index contributed by atoms with van der Waals surface area (Å²) in [5.74, 6) is -0.309. The first-order valence-corrected chi connectivity index (χ1v) is 9.43. The van der Waals surface area contributed by atoms with Crippen LogP contribution in [0.2, 0.25) is 0 Å². The molecule has 0 fully saturated rings. The van der Waals surface area contributed by atoms with Crippen LogP contribution in [0.25, 0.3) is 0 Å². The molecule has 3 heteroatoms. The predicted molar refractivity (Wildman–Crippen MR) is 118 cm³/mol. The summed E-state index contributed by atoms with van der Waals surface area (Å²) in [6.07, 6.45) is 5.75. The van der Waals surface area contributed by atoms with Crippen molar-refractivity contribution in [1.82, 2.24) is 0 Å². The number of hydrogen-bond donors (Lipinski definition) is 1. The molecule has 3 aromatic rings. The van der Waals surface area contributed by atoms with E-state index in [9.17, 15) is 9.59 Å². The number of nitrogens with two attached hydrogens (primary N) is 1. The van der Waals surface area contributed by atoms with Crippen LogP contribution in [0.1, 0.15) is 43.0 Å². The molecule has 1 aliphatic carbocycles. The summed E-state index contributed by atoms with van der Waals surface area (Å²) in [6.45, 7) is 7.42. The second kappa shape index (κ2) is 8.98. The highest BCUT2D eigenvalue weighted by atomic mass is 16.1. The normalized spacial score (nSPS) is 11.6. The highest BCUT2D eigenvalue weighted by Gasteiger charge is 2.30. The predicted octanol–water partition coefficient (Wildman–Crippen LogP) is 5.19. The molecule has 0 amide bonds. The molecule has 0 heterocycles. The van der Waals surface area contributed by atoms with Gasteiger partial charge in [-0.1, -0.05) is 72.8 Å². The van der Waals surface area contributed by atoms with E-state index in [2.05, 4.69) is 37.4 Å². The number of rotatable bonds is 4. The number of benzene rings is 3. The SMILES string of the molecule is C=CCc1cccc(CC=C)c1.Nc1cccc2c1C(=O)c1ccccc1C2=O. The maximum Gasteiger partial charge on any atom is 0.196 e. The number of nitrogen functional groups attached to an aromatic ring is 1. The van der Waals surface area contributed by atoms with Gasteiger partial charge in [-0.3, -0.25) is 9.59 Å². The zero-order valence-electron chi connectivity index (χ0n) is 16.2. The van der Waals surface area contributed by atoms with Crippen molar-refractivity contribution in [2.24, 2.45) is 0 Å². The molecule has 0 aliphatic heterocycles. The van der Waals surface area contributed by atoms with Crippen LogP contribution in [0, 0.1) is 0 Å². The van der Waals surface area contributed by atoms with Gasteiger partial charge in [0.1, 0.15) is 0 Å². The molecule has 0 unspecified atom stereocenters. The van der Waals surface area contributed by atoms with Gasteiger partial charge in [-0.05, 0) is 30.0 Å². The van der Waals surface area contributed by atoms with E-state index in [4.69, 9.17) is 5.73 Å². The van der Waals surface area contributed by atoms with Crippen LogP contribution < -0.4 is 5.73 Å². The van der Waals surface area contributed by atoms with E-state index in [1.165, 1.54) is 11.1 Å². The van der Waals surface area contributed by atoms with Crippen LogP contribution >= 0.6 is 0 Å². The number of hydrogen-bond acceptors (Lipinski definition) is 3. The number of anilines is 1. The molecule has 29 heavy (non-hydrogen) atoms. The fourth-order valence-electron chi connectivity index (χ4n) is 3.39. The summed E-state index contributed by atoms with van der Waals surface area (Å²) in [5.41, 5.74) is 10.4. The second-order valence-corrected chi connectivity index (χ2v) is 6.78. The zero-order chi connectivity index (χ0) is 20.8. The van der Waals surface area contributed by atoms with Crippen molar-refractivity contribution in [2.45, 2.75) is 12.8 Å². The molecular formula is C26H23NO2. The van der Waals surface area contributed by atoms with Crippen molar-refractivity contribution in [3.05, 3.63) is 125 Å². The number of carbonyl (C=O) groups excluding carboxylic acids is 2. The highest BCUT2D eigenvalue weighted by molar-refractivity contribution is 6.29. The molecule has 2 N–H and O–H groups in total. The molecule has 0 radical (unpaired) electrons. The van der Waals surface area contributed by atoms with Crippen LogP contribution in [0.3, 0.4) is 0 Å². The maximum absolute atomic E-state index is 12.2. The minimum Gasteiger partial charge on any atom is -0.398 e. The van der Waals surface area contributed by atoms with E-state index >= 15 is 0 Å². The average molecular weight is 381 g/mol. The number of fused-ring (bicyclic) bond motifs is 2. The van der Waals surface area contributed by atoms with Crippen molar-refractivity contribution in [3.63, 3.8) is 0 Å². The van der Waals surface area contributed by atoms with Crippen LogP contribution in [-0.4, -0.2) is 11.6 Å². The third kappa shape index (κ3) is 4.25. The molecule has 0 saturated carbocycles. The van der Waals surface area contributed by atoms with Crippen molar-refractivity contribution >= 4 is 17.3 Å². The average Bonchev–Trinajstić information content (AvgIpc) is 2.73. The Morgan fingerprint density at radius 2 is 1.21 bits per heavy atom. The van der Waals surface area contributed by atoms with Gasteiger partial charge in [0.15, 0.2) is 11.6 Å². The molecule has 0 spiro atoms. The Hall–Kier alpha value is -3.72. The quantitative estimate of drug-likeness (QED) is 0.391. The van der Waals surface area contributed by atoms with Gasteiger partial charge in [0, 0.05) is 22.4 Å². The van der Waals surface area contributed by atoms with E-state index in [0.29, 0.717) is 27.9 Å². The summed E-state index contributed by atoms with van der Waals surface area (Å²) in [7, 11) is 0. The van der Waals surface area contributed by atoms with Crippen molar-refractivity contribution in [3.8, 4) is 0 Å². The third-order valence-corrected chi connectivity index (χ3v) is 4.74. The lowest BCUT2D eigenvalue weighted by Gasteiger charge is -2.18. The Morgan fingerprint density at radius 1 is 0.690 bits per heavy atom. The van der Waals surface area contributed by atoms with E-state index < -0.39 is 0 Å². The molecule has 144 valence electrons. The standard InChI is InChI=1S/C14H9NO2.C12H14/c15-11-7-3-6-10-12(11)14(17)9-5-2-1-4-8(9)13(10)16;1-3-6-11-8-5-9-12(10-11)7-4-2/h1-7H,15H2;3-5,8-10H,1-2,6-7H2. The lowest BCUT2D eigenvalue weighted by Crippen LogP contribution is -2.22. The van der Waals surface area contributed by atoms with Gasteiger partial charge >= 0.3 is 0 Å². The first kappa shape index (κ1) is 20.0. The maximum atomic E-state index is 12.2. The fraction of sp³-hybridized carbons (Fsp3) is 0.0769. The summed E-state index contributed by atoms with van der Waals surface area (Å²) >= 11 is 0. The Labute approximate surface area is 171 Å². The lowest BCUT2D eigenvalue weighted by atomic mass is 9.83. The fourth-order valence-corrected chi connectivity index (χ4v) is 3.39. The van der Waals surface area contributed by atoms with E-state index in [0.717, 1.165) is 12.8 Å². The van der Waals surface area contributed by atoms with Gasteiger partial charge < -0.3 is 5.73 Å². The summed E-state index contributed by atoms with van der Waals surface area (Å²) in [4.78, 5) is 24.4. The van der Waals surface area contributed by atoms with Crippen LogP contribution in [-0.2, 0) is 12.8 Å². The molecule has 3 nitrogen and oxygen atoms in total. The number of ketones is 2. The molecule has 0 bridgehead atoms. The molecule has 3 aromatic carbocycles. The van der Waals surface area contributed by atoms with Crippen LogP contribution in [0.5, 0.6) is 0 Å². The Morgan fingerprint density at radius 3 is 1.79 bits per heavy atom. The minimum absolute atomic E-state index is 0.137. The molecule has 1 aliphatic rings. The minimum atomic E-state index is -0.173. The van der Waals surface area contributed by atoms with Crippen molar-refractivity contribution in [2.75, 3.05) is 5.73 Å². The van der Waals surface area contributed by atoms with Crippen LogP contribution in [0.4, 0.5) is 5.69 Å². The molecule has 0 saturated heterocycles. The summed E-state index contributed by atoms with van der Waals surface area (Å²) in [6, 6.07) is 20.3. The first-order valence-electron chi connectivity index (χ1n) is 9.43. The molecule has 0 aromatic heterocycles. The van der Waals surface area contributed by atoms with Crippen LogP contribution in [0.15, 0.2) is 92.0 Å². The van der Waals surface area contributed by atoms with Gasteiger partial charge in [0.05, 0.1) is 5.56 Å². The van der Waals surface area contributed by atoms with E-state index in [1.807, 2.05) is 12.2 Å². The summed E-state index contributed by atoms with van der Waals surface area (Å²) < 4.78 is 0. The first-order chi connectivity index (χ1) is 14.1. The number of allylic oxidation sites excluding steroid dienone is 2. The largest absolute Gasteiger partial charge is 0.398 e. The van der Waals surface area contributed by atoms with Gasteiger partial charge in [-0.15, -0.1) is 13.2 Å². The van der Waals surface area contributed by atoms with E-state index in [-0.39, 0.29) is 11.6 Å². The van der Waals surface area contributed by atoms with Crippen molar-refractivity contribution in [1.29, 1.82) is 0 Å². The lowest BCUT2D eigenvalue weighted by molar-refractivity contribution is 0.0979.